The minimum absolute atomic E-state index is 0.228. The maximum atomic E-state index is 12.2. The third kappa shape index (κ3) is 3.68. The lowest BCUT2D eigenvalue weighted by Crippen LogP contribution is -2.34. The normalized spacial score (nSPS) is 13.6. The zero-order valence-electron chi connectivity index (χ0n) is 10.5. The van der Waals surface area contributed by atoms with Crippen LogP contribution in [0.15, 0.2) is 37.6 Å². The van der Waals surface area contributed by atoms with Crippen molar-refractivity contribution in [2.45, 2.75) is 31.2 Å². The maximum Gasteiger partial charge on any atom is 0.241 e. The first kappa shape index (κ1) is 14.8. The molecule has 104 valence electrons. The molecule has 0 aliphatic rings. The van der Waals surface area contributed by atoms with Gasteiger partial charge in [-0.05, 0) is 48.0 Å². The van der Waals surface area contributed by atoms with E-state index in [0.29, 0.717) is 11.3 Å². The Kier molecular flexibility index (Phi) is 4.50. The highest BCUT2D eigenvalue weighted by Gasteiger charge is 2.22. The van der Waals surface area contributed by atoms with Gasteiger partial charge in [0.2, 0.25) is 10.0 Å². The van der Waals surface area contributed by atoms with Gasteiger partial charge >= 0.3 is 0 Å². The lowest BCUT2D eigenvalue weighted by molar-refractivity contribution is 0.479. The molecule has 2 rings (SSSR count). The molecule has 0 amide bonds. The van der Waals surface area contributed by atoms with Crippen LogP contribution < -0.4 is 4.72 Å². The molecule has 0 saturated heterocycles. The van der Waals surface area contributed by atoms with Gasteiger partial charge in [0.05, 0.1) is 14.9 Å². The largest absolute Gasteiger partial charge is 0.469 e. The number of sulfonamides is 1. The highest BCUT2D eigenvalue weighted by molar-refractivity contribution is 9.11. The van der Waals surface area contributed by atoms with E-state index in [-0.39, 0.29) is 6.04 Å². The Hall–Kier alpha value is -0.630. The maximum absolute atomic E-state index is 12.2. The van der Waals surface area contributed by atoms with Crippen molar-refractivity contribution in [2.75, 3.05) is 0 Å². The van der Waals surface area contributed by atoms with Crippen LogP contribution in [-0.2, 0) is 16.4 Å². The molecule has 0 aliphatic heterocycles. The number of furan rings is 1. The van der Waals surface area contributed by atoms with Crippen LogP contribution >= 0.6 is 27.3 Å². The summed E-state index contributed by atoms with van der Waals surface area (Å²) in [5, 5.41) is 0. The summed E-state index contributed by atoms with van der Waals surface area (Å²) < 4.78 is 33.2. The minimum Gasteiger partial charge on any atom is -0.469 e. The van der Waals surface area contributed by atoms with Gasteiger partial charge in [0.25, 0.3) is 0 Å². The van der Waals surface area contributed by atoms with E-state index in [4.69, 9.17) is 4.42 Å². The molecule has 0 aliphatic carbocycles. The van der Waals surface area contributed by atoms with Gasteiger partial charge in [-0.15, -0.1) is 11.3 Å². The summed E-state index contributed by atoms with van der Waals surface area (Å²) in [4.78, 5) is 1.10. The topological polar surface area (TPSA) is 59.3 Å². The van der Waals surface area contributed by atoms with Crippen LogP contribution in [0.1, 0.15) is 17.6 Å². The first-order valence-corrected chi connectivity index (χ1v) is 8.78. The van der Waals surface area contributed by atoms with Crippen molar-refractivity contribution in [1.82, 2.24) is 4.72 Å². The number of halogens is 1. The summed E-state index contributed by atoms with van der Waals surface area (Å²) in [5.74, 6) is 0.762. The fourth-order valence-corrected chi connectivity index (χ4v) is 5.46. The standard InChI is InChI=1S/C12H14BrNO3S2/c1-8(6-10-4-3-5-17-10)14-19(15,16)11-7-12(13)18-9(11)2/h3-5,7-8,14H,6H2,1-2H3. The van der Waals surface area contributed by atoms with Gasteiger partial charge in [-0.2, -0.15) is 0 Å². The second-order valence-corrected chi connectivity index (χ2v) is 8.59. The number of thiophene rings is 1. The molecule has 0 saturated carbocycles. The quantitative estimate of drug-likeness (QED) is 0.886. The molecule has 2 aromatic heterocycles. The van der Waals surface area contributed by atoms with Crippen molar-refractivity contribution in [2.24, 2.45) is 0 Å². The van der Waals surface area contributed by atoms with E-state index in [1.54, 1.807) is 25.3 Å². The molecule has 0 fully saturated rings. The molecule has 1 N–H and O–H groups in total. The van der Waals surface area contributed by atoms with Gasteiger partial charge in [0.1, 0.15) is 5.76 Å². The Labute approximate surface area is 125 Å². The second kappa shape index (κ2) is 5.78. The molecular weight excluding hydrogens is 350 g/mol. The summed E-state index contributed by atoms with van der Waals surface area (Å²) in [5.41, 5.74) is 0. The van der Waals surface area contributed by atoms with Crippen LogP contribution in [0.25, 0.3) is 0 Å². The molecule has 4 nitrogen and oxygen atoms in total. The van der Waals surface area contributed by atoms with Gasteiger partial charge in [-0.3, -0.25) is 0 Å². The molecule has 2 heterocycles. The lowest BCUT2D eigenvalue weighted by atomic mass is 10.2. The second-order valence-electron chi connectivity index (χ2n) is 4.28. The summed E-state index contributed by atoms with van der Waals surface area (Å²) in [6.45, 7) is 3.61. The SMILES string of the molecule is Cc1sc(Br)cc1S(=O)(=O)NC(C)Cc1ccco1. The van der Waals surface area contributed by atoms with Crippen LogP contribution in [0.2, 0.25) is 0 Å². The number of hydrogen-bond donors (Lipinski definition) is 1. The van der Waals surface area contributed by atoms with E-state index in [0.717, 1.165) is 14.4 Å². The van der Waals surface area contributed by atoms with Crippen molar-refractivity contribution >= 4 is 37.3 Å². The van der Waals surface area contributed by atoms with Gasteiger partial charge in [0, 0.05) is 17.3 Å². The lowest BCUT2D eigenvalue weighted by Gasteiger charge is -2.12. The first-order chi connectivity index (χ1) is 8.88. The Balaban J connectivity index is 2.11. The predicted octanol–water partition coefficient (Wildman–Crippen LogP) is 3.32. The number of aryl methyl sites for hydroxylation is 1. The summed E-state index contributed by atoms with van der Waals surface area (Å²) in [7, 11) is -3.48. The Bertz CT molecular complexity index is 647. The van der Waals surface area contributed by atoms with Crippen LogP contribution in [-0.4, -0.2) is 14.5 Å². The van der Waals surface area contributed by atoms with Crippen molar-refractivity contribution in [1.29, 1.82) is 0 Å². The van der Waals surface area contributed by atoms with E-state index in [2.05, 4.69) is 20.7 Å². The van der Waals surface area contributed by atoms with Crippen LogP contribution in [0.5, 0.6) is 0 Å². The molecule has 0 aromatic carbocycles. The first-order valence-electron chi connectivity index (χ1n) is 5.69. The molecule has 1 unspecified atom stereocenters. The van der Waals surface area contributed by atoms with Crippen molar-refractivity contribution in [3.8, 4) is 0 Å². The third-order valence-electron chi connectivity index (χ3n) is 2.58. The molecule has 19 heavy (non-hydrogen) atoms. The van der Waals surface area contributed by atoms with E-state index in [9.17, 15) is 8.42 Å². The van der Waals surface area contributed by atoms with E-state index < -0.39 is 10.0 Å². The van der Waals surface area contributed by atoms with E-state index in [1.165, 1.54) is 11.3 Å². The average molecular weight is 364 g/mol. The van der Waals surface area contributed by atoms with Crippen LogP contribution in [0.3, 0.4) is 0 Å². The summed E-state index contributed by atoms with van der Waals surface area (Å²) >= 11 is 4.71. The number of rotatable bonds is 5. The van der Waals surface area contributed by atoms with E-state index >= 15 is 0 Å². The zero-order valence-corrected chi connectivity index (χ0v) is 13.7. The Morgan fingerprint density at radius 1 is 1.53 bits per heavy atom. The highest BCUT2D eigenvalue weighted by Crippen LogP contribution is 2.29. The molecule has 7 heteroatoms. The molecule has 2 aromatic rings. The predicted molar refractivity (Wildman–Crippen MR) is 79.0 cm³/mol. The van der Waals surface area contributed by atoms with Gasteiger partial charge < -0.3 is 4.42 Å². The summed E-state index contributed by atoms with van der Waals surface area (Å²) in [6, 6.07) is 5.02. The highest BCUT2D eigenvalue weighted by atomic mass is 79.9. The molecule has 0 radical (unpaired) electrons. The summed E-state index contributed by atoms with van der Waals surface area (Å²) in [6.07, 6.45) is 2.10. The molecule has 0 spiro atoms. The van der Waals surface area contributed by atoms with Gasteiger partial charge in [-0.25, -0.2) is 13.1 Å². The van der Waals surface area contributed by atoms with Crippen LogP contribution in [0, 0.1) is 6.92 Å². The van der Waals surface area contributed by atoms with Gasteiger partial charge in [0.15, 0.2) is 0 Å². The molecule has 0 bridgehead atoms. The van der Waals surface area contributed by atoms with E-state index in [1.807, 2.05) is 13.0 Å². The Morgan fingerprint density at radius 3 is 2.79 bits per heavy atom. The number of hydrogen-bond acceptors (Lipinski definition) is 4. The smallest absolute Gasteiger partial charge is 0.241 e. The zero-order chi connectivity index (χ0) is 14.0. The molecule has 1 atom stereocenters. The van der Waals surface area contributed by atoms with Crippen LogP contribution in [0.4, 0.5) is 0 Å². The van der Waals surface area contributed by atoms with Crippen molar-refractivity contribution in [3.63, 3.8) is 0 Å². The van der Waals surface area contributed by atoms with Crippen molar-refractivity contribution in [3.05, 3.63) is 38.9 Å². The molecular formula is C12H14BrNO3S2. The Morgan fingerprint density at radius 2 is 2.26 bits per heavy atom. The minimum atomic E-state index is -3.48. The third-order valence-corrected chi connectivity index (χ3v) is 5.97. The van der Waals surface area contributed by atoms with Crippen molar-refractivity contribution < 1.29 is 12.8 Å². The average Bonchev–Trinajstić information content (AvgIpc) is 2.87. The monoisotopic (exact) mass is 363 g/mol. The fourth-order valence-electron chi connectivity index (χ4n) is 1.80. The number of nitrogens with one attached hydrogen (secondary N) is 1. The van der Waals surface area contributed by atoms with Gasteiger partial charge in [-0.1, -0.05) is 0 Å². The fraction of sp³-hybridized carbons (Fsp3) is 0.333.